The molecule has 9 heteroatoms. The van der Waals surface area contributed by atoms with Gasteiger partial charge in [0.15, 0.2) is 0 Å². The Morgan fingerprint density at radius 2 is 2.03 bits per heavy atom. The first kappa shape index (κ1) is 23.4. The number of aryl methyl sites for hydroxylation is 1. The molecule has 3 aromatic rings. The van der Waals surface area contributed by atoms with Crippen LogP contribution in [-0.2, 0) is 6.42 Å². The van der Waals surface area contributed by atoms with Gasteiger partial charge in [-0.1, -0.05) is 30.7 Å². The number of rotatable bonds is 8. The minimum absolute atomic E-state index is 0.514. The molecule has 0 bridgehead atoms. The van der Waals surface area contributed by atoms with E-state index in [1.807, 2.05) is 43.5 Å². The van der Waals surface area contributed by atoms with Gasteiger partial charge in [-0.05, 0) is 50.7 Å². The van der Waals surface area contributed by atoms with Gasteiger partial charge in [-0.2, -0.15) is 0 Å². The van der Waals surface area contributed by atoms with Crippen molar-refractivity contribution in [2.24, 2.45) is 0 Å². The summed E-state index contributed by atoms with van der Waals surface area (Å²) in [4.78, 5) is 17.2. The molecule has 2 aromatic heterocycles. The van der Waals surface area contributed by atoms with E-state index >= 15 is 0 Å². The lowest BCUT2D eigenvalue weighted by Crippen LogP contribution is -2.32. The predicted octanol–water partition coefficient (Wildman–Crippen LogP) is 4.98. The van der Waals surface area contributed by atoms with Crippen molar-refractivity contribution in [2.45, 2.75) is 27.2 Å². The van der Waals surface area contributed by atoms with E-state index in [9.17, 15) is 0 Å². The first-order valence-corrected chi connectivity index (χ1v) is 11.9. The zero-order valence-electron chi connectivity index (χ0n) is 19.1. The molecule has 0 spiro atoms. The van der Waals surface area contributed by atoms with Crippen LogP contribution in [0.4, 0.5) is 23.1 Å². The summed E-state index contributed by atoms with van der Waals surface area (Å²) in [7, 11) is 0. The number of thiocarbonyl (C=S) groups is 1. The van der Waals surface area contributed by atoms with Gasteiger partial charge in [0.2, 0.25) is 5.95 Å². The number of nitrogens with zero attached hydrogens (tertiary/aromatic N) is 4. The van der Waals surface area contributed by atoms with Crippen molar-refractivity contribution in [1.29, 1.82) is 0 Å². The monoisotopic (exact) mass is 481 g/mol. The molecule has 0 fully saturated rings. The van der Waals surface area contributed by atoms with Gasteiger partial charge < -0.3 is 20.9 Å². The first-order valence-electron chi connectivity index (χ1n) is 11.1. The highest BCUT2D eigenvalue weighted by Crippen LogP contribution is 2.35. The number of aromatic nitrogens is 3. The standard InChI is InChI=1S/C24H28ClN7S/c1-4-26-10-11-32(5-2)21-9-8-19(15(3)28-21)30-24-27-14-16-12-22(33)29-20-13-17(25)6-7-18(20)23(16)31-24/h6-9,13-14,26H,4-5,10-12H2,1-3H3,(H,29,33)(H,27,30,31). The van der Waals surface area contributed by atoms with Gasteiger partial charge in [0.05, 0.1) is 22.1 Å². The van der Waals surface area contributed by atoms with Crippen LogP contribution < -0.4 is 20.9 Å². The molecule has 33 heavy (non-hydrogen) atoms. The van der Waals surface area contributed by atoms with Crippen LogP contribution in [0.3, 0.4) is 0 Å². The molecule has 0 radical (unpaired) electrons. The average molecular weight is 482 g/mol. The average Bonchev–Trinajstić information content (AvgIpc) is 2.92. The van der Waals surface area contributed by atoms with Gasteiger partial charge >= 0.3 is 0 Å². The summed E-state index contributed by atoms with van der Waals surface area (Å²) in [5.41, 5.74) is 5.39. The fraction of sp³-hybridized carbons (Fsp3) is 0.333. The number of hydrogen-bond acceptors (Lipinski definition) is 7. The molecule has 1 aliphatic rings. The van der Waals surface area contributed by atoms with Crippen LogP contribution in [0.5, 0.6) is 0 Å². The maximum atomic E-state index is 6.20. The molecule has 1 aliphatic heterocycles. The second kappa shape index (κ2) is 10.4. The molecule has 4 rings (SSSR count). The highest BCUT2D eigenvalue weighted by Gasteiger charge is 2.20. The highest BCUT2D eigenvalue weighted by atomic mass is 35.5. The Morgan fingerprint density at radius 3 is 2.79 bits per heavy atom. The maximum absolute atomic E-state index is 6.20. The zero-order chi connectivity index (χ0) is 23.4. The summed E-state index contributed by atoms with van der Waals surface area (Å²) in [5.74, 6) is 1.48. The second-order valence-corrected chi connectivity index (χ2v) is 8.77. The van der Waals surface area contributed by atoms with Gasteiger partial charge in [-0.3, -0.25) is 0 Å². The van der Waals surface area contributed by atoms with Crippen LogP contribution in [0.2, 0.25) is 5.02 Å². The Balaban J connectivity index is 1.60. The zero-order valence-corrected chi connectivity index (χ0v) is 20.6. The van der Waals surface area contributed by atoms with Crippen molar-refractivity contribution in [3.05, 3.63) is 52.8 Å². The van der Waals surface area contributed by atoms with Crippen LogP contribution in [0.15, 0.2) is 36.5 Å². The van der Waals surface area contributed by atoms with Crippen molar-refractivity contribution < 1.29 is 0 Å². The highest BCUT2D eigenvalue weighted by molar-refractivity contribution is 7.80. The molecule has 172 valence electrons. The molecule has 3 heterocycles. The maximum Gasteiger partial charge on any atom is 0.227 e. The summed E-state index contributed by atoms with van der Waals surface area (Å²) in [5, 5.41) is 10.6. The smallest absolute Gasteiger partial charge is 0.227 e. The fourth-order valence-electron chi connectivity index (χ4n) is 3.83. The third-order valence-corrected chi connectivity index (χ3v) is 6.04. The van der Waals surface area contributed by atoms with Crippen LogP contribution >= 0.6 is 23.8 Å². The minimum atomic E-state index is 0.514. The summed E-state index contributed by atoms with van der Waals surface area (Å²) < 4.78 is 0. The molecule has 0 saturated carbocycles. The Kier molecular flexibility index (Phi) is 7.37. The SMILES string of the molecule is CCNCCN(CC)c1ccc(Nc2ncc3c(n2)-c2ccc(Cl)cc2NC(=S)C3)c(C)n1. The molecule has 0 atom stereocenters. The number of pyridine rings is 1. The summed E-state index contributed by atoms with van der Waals surface area (Å²) in [6.07, 6.45) is 2.41. The molecule has 3 N–H and O–H groups in total. The number of benzene rings is 1. The predicted molar refractivity (Wildman–Crippen MR) is 141 cm³/mol. The van der Waals surface area contributed by atoms with E-state index in [0.29, 0.717) is 22.4 Å². The third-order valence-electron chi connectivity index (χ3n) is 5.56. The van der Waals surface area contributed by atoms with Gasteiger partial charge in [0, 0.05) is 54.1 Å². The van der Waals surface area contributed by atoms with Crippen molar-refractivity contribution in [3.63, 3.8) is 0 Å². The topological polar surface area (TPSA) is 78.0 Å². The Hall–Kier alpha value is -2.81. The lowest BCUT2D eigenvalue weighted by atomic mass is 10.1. The van der Waals surface area contributed by atoms with Crippen molar-refractivity contribution in [3.8, 4) is 11.3 Å². The summed E-state index contributed by atoms with van der Waals surface area (Å²) in [6.45, 7) is 9.96. The Bertz CT molecular complexity index is 1170. The van der Waals surface area contributed by atoms with E-state index in [1.165, 1.54) is 0 Å². The van der Waals surface area contributed by atoms with Crippen molar-refractivity contribution in [2.75, 3.05) is 41.7 Å². The van der Waals surface area contributed by atoms with Crippen molar-refractivity contribution in [1.82, 2.24) is 20.3 Å². The Morgan fingerprint density at radius 1 is 1.18 bits per heavy atom. The second-order valence-electron chi connectivity index (χ2n) is 7.84. The summed E-state index contributed by atoms with van der Waals surface area (Å²) in [6, 6.07) is 9.76. The third kappa shape index (κ3) is 5.40. The van der Waals surface area contributed by atoms with Crippen LogP contribution in [0.1, 0.15) is 25.1 Å². The van der Waals surface area contributed by atoms with Gasteiger partial charge in [-0.15, -0.1) is 0 Å². The summed E-state index contributed by atoms with van der Waals surface area (Å²) >= 11 is 11.7. The van der Waals surface area contributed by atoms with Crippen LogP contribution in [-0.4, -0.2) is 46.1 Å². The number of halogens is 1. The van der Waals surface area contributed by atoms with Crippen molar-refractivity contribution >= 4 is 51.9 Å². The molecular formula is C24H28ClN7S. The fourth-order valence-corrected chi connectivity index (χ4v) is 4.26. The molecule has 0 saturated heterocycles. The molecule has 0 aliphatic carbocycles. The molecule has 0 amide bonds. The largest absolute Gasteiger partial charge is 0.356 e. The number of nitrogens with one attached hydrogen (secondary N) is 3. The van der Waals surface area contributed by atoms with E-state index in [-0.39, 0.29) is 0 Å². The van der Waals surface area contributed by atoms with E-state index in [4.69, 9.17) is 33.8 Å². The van der Waals surface area contributed by atoms with Crippen LogP contribution in [0, 0.1) is 6.92 Å². The quantitative estimate of drug-likeness (QED) is 0.307. The first-order chi connectivity index (χ1) is 16.0. The number of likely N-dealkylation sites (N-methyl/N-ethyl adjacent to an activating group) is 2. The van der Waals surface area contributed by atoms with Crippen LogP contribution in [0.25, 0.3) is 11.3 Å². The van der Waals surface area contributed by atoms with Gasteiger partial charge in [0.1, 0.15) is 5.82 Å². The molecule has 1 aromatic carbocycles. The lowest BCUT2D eigenvalue weighted by Gasteiger charge is -2.23. The van der Waals surface area contributed by atoms with E-state index in [2.05, 4.69) is 39.7 Å². The molecule has 7 nitrogen and oxygen atoms in total. The number of hydrogen-bond donors (Lipinski definition) is 3. The molecular weight excluding hydrogens is 454 g/mol. The minimum Gasteiger partial charge on any atom is -0.356 e. The number of anilines is 4. The molecule has 0 unspecified atom stereocenters. The van der Waals surface area contributed by atoms with E-state index < -0.39 is 0 Å². The Labute approximate surface area is 205 Å². The van der Waals surface area contributed by atoms with Gasteiger partial charge in [-0.25, -0.2) is 15.0 Å². The number of fused-ring (bicyclic) bond motifs is 3. The van der Waals surface area contributed by atoms with Gasteiger partial charge in [0.25, 0.3) is 0 Å². The normalized spacial score (nSPS) is 12.4. The van der Waals surface area contributed by atoms with E-state index in [0.717, 1.165) is 65.9 Å². The van der Waals surface area contributed by atoms with E-state index in [1.54, 1.807) is 0 Å². The lowest BCUT2D eigenvalue weighted by molar-refractivity contribution is 0.683.